The fourth-order valence-corrected chi connectivity index (χ4v) is 2.33. The van der Waals surface area contributed by atoms with Crippen LogP contribution in [0.25, 0.3) is 0 Å². The van der Waals surface area contributed by atoms with Crippen LogP contribution in [0.15, 0.2) is 18.2 Å². The number of nitro groups is 1. The van der Waals surface area contributed by atoms with Gasteiger partial charge in [-0.15, -0.1) is 12.4 Å². The first-order valence-electron chi connectivity index (χ1n) is 7.15. The van der Waals surface area contributed by atoms with Gasteiger partial charge in [-0.2, -0.15) is 0 Å². The van der Waals surface area contributed by atoms with E-state index in [-0.39, 0.29) is 29.8 Å². The lowest BCUT2D eigenvalue weighted by molar-refractivity contribution is -0.385. The van der Waals surface area contributed by atoms with Gasteiger partial charge in [-0.3, -0.25) is 19.8 Å². The van der Waals surface area contributed by atoms with Crippen LogP contribution in [0.1, 0.15) is 10.4 Å². The average molecular weight is 345 g/mol. The van der Waals surface area contributed by atoms with Crippen molar-refractivity contribution in [2.24, 2.45) is 0 Å². The number of carbonyl (C=O) groups excluding carboxylic acids is 1. The molecule has 2 rings (SSSR count). The van der Waals surface area contributed by atoms with E-state index in [9.17, 15) is 14.9 Å². The number of nitro benzene ring substituents is 1. The highest BCUT2D eigenvalue weighted by atomic mass is 35.5. The van der Waals surface area contributed by atoms with Crippen molar-refractivity contribution in [1.29, 1.82) is 0 Å². The summed E-state index contributed by atoms with van der Waals surface area (Å²) in [5.41, 5.74) is 0.197. The van der Waals surface area contributed by atoms with Crippen molar-refractivity contribution in [3.05, 3.63) is 33.9 Å². The second kappa shape index (κ2) is 9.29. The third kappa shape index (κ3) is 5.34. The van der Waals surface area contributed by atoms with Crippen LogP contribution in [-0.2, 0) is 0 Å². The highest BCUT2D eigenvalue weighted by Gasteiger charge is 2.17. The number of amides is 1. The minimum absolute atomic E-state index is 0. The predicted molar refractivity (Wildman–Crippen MR) is 88.5 cm³/mol. The molecule has 0 atom stereocenters. The maximum absolute atomic E-state index is 12.1. The number of benzene rings is 1. The van der Waals surface area contributed by atoms with E-state index in [2.05, 4.69) is 15.5 Å². The van der Waals surface area contributed by atoms with Gasteiger partial charge in [0.15, 0.2) is 5.75 Å². The maximum Gasteiger partial charge on any atom is 0.310 e. The van der Waals surface area contributed by atoms with Crippen LogP contribution in [0.2, 0.25) is 0 Å². The molecule has 9 heteroatoms. The van der Waals surface area contributed by atoms with Crippen LogP contribution >= 0.6 is 12.4 Å². The van der Waals surface area contributed by atoms with Crippen LogP contribution < -0.4 is 15.4 Å². The second-order valence-corrected chi connectivity index (χ2v) is 4.99. The van der Waals surface area contributed by atoms with Gasteiger partial charge in [0, 0.05) is 57.0 Å². The molecule has 1 aliphatic rings. The summed E-state index contributed by atoms with van der Waals surface area (Å²) in [6.45, 7) is 5.21. The standard InChI is InChI=1S/C14H20N4O4.ClH/c1-22-13-10-11(2-3-12(13)18(20)21)14(19)16-6-9-17-7-4-15-5-8-17;/h2-3,10,15H,4-9H2,1H3,(H,16,19);1H. The monoisotopic (exact) mass is 344 g/mol. The molecule has 1 aliphatic heterocycles. The molecule has 1 saturated heterocycles. The van der Waals surface area contributed by atoms with E-state index in [1.54, 1.807) is 0 Å². The quantitative estimate of drug-likeness (QED) is 0.581. The Morgan fingerprint density at radius 1 is 1.43 bits per heavy atom. The minimum Gasteiger partial charge on any atom is -0.490 e. The second-order valence-electron chi connectivity index (χ2n) is 4.99. The fourth-order valence-electron chi connectivity index (χ4n) is 2.33. The molecule has 1 aromatic rings. The largest absolute Gasteiger partial charge is 0.490 e. The van der Waals surface area contributed by atoms with Crippen LogP contribution in [-0.4, -0.2) is 62.1 Å². The Balaban J connectivity index is 0.00000264. The zero-order chi connectivity index (χ0) is 15.9. The van der Waals surface area contributed by atoms with Crippen molar-refractivity contribution in [3.8, 4) is 5.75 Å². The van der Waals surface area contributed by atoms with E-state index < -0.39 is 4.92 Å². The first kappa shape index (κ1) is 19.1. The SMILES string of the molecule is COc1cc(C(=O)NCCN2CCNCC2)ccc1[N+](=O)[O-].Cl. The Morgan fingerprint density at radius 2 is 2.13 bits per heavy atom. The van der Waals surface area contributed by atoms with Crippen molar-refractivity contribution in [2.45, 2.75) is 0 Å². The summed E-state index contributed by atoms with van der Waals surface area (Å²) < 4.78 is 4.96. The summed E-state index contributed by atoms with van der Waals surface area (Å²) >= 11 is 0. The summed E-state index contributed by atoms with van der Waals surface area (Å²) in [6, 6.07) is 4.10. The molecule has 1 amide bonds. The molecule has 1 heterocycles. The van der Waals surface area contributed by atoms with Crippen LogP contribution in [0, 0.1) is 10.1 Å². The highest BCUT2D eigenvalue weighted by molar-refractivity contribution is 5.95. The number of hydrogen-bond acceptors (Lipinski definition) is 6. The number of halogens is 1. The van der Waals surface area contributed by atoms with E-state index >= 15 is 0 Å². The van der Waals surface area contributed by atoms with Crippen molar-refractivity contribution in [2.75, 3.05) is 46.4 Å². The Kier molecular flexibility index (Phi) is 7.73. The molecule has 0 aromatic heterocycles. The number of nitrogens with zero attached hydrogens (tertiary/aromatic N) is 2. The van der Waals surface area contributed by atoms with Gasteiger partial charge in [-0.05, 0) is 6.07 Å². The number of piperazine rings is 1. The topological polar surface area (TPSA) is 96.7 Å². The third-order valence-electron chi connectivity index (χ3n) is 3.56. The minimum atomic E-state index is -0.537. The average Bonchev–Trinajstić information content (AvgIpc) is 2.55. The van der Waals surface area contributed by atoms with Crippen molar-refractivity contribution >= 4 is 24.0 Å². The van der Waals surface area contributed by atoms with Gasteiger partial charge < -0.3 is 15.4 Å². The van der Waals surface area contributed by atoms with Gasteiger partial charge in [0.05, 0.1) is 12.0 Å². The van der Waals surface area contributed by atoms with Gasteiger partial charge >= 0.3 is 5.69 Å². The van der Waals surface area contributed by atoms with Gasteiger partial charge in [-0.25, -0.2) is 0 Å². The molecule has 1 fully saturated rings. The number of nitrogens with one attached hydrogen (secondary N) is 2. The van der Waals surface area contributed by atoms with Crippen LogP contribution in [0.5, 0.6) is 5.75 Å². The molecule has 2 N–H and O–H groups in total. The smallest absolute Gasteiger partial charge is 0.310 e. The molecular formula is C14H21ClN4O4. The molecule has 0 spiro atoms. The van der Waals surface area contributed by atoms with E-state index in [1.165, 1.54) is 25.3 Å². The summed E-state index contributed by atoms with van der Waals surface area (Å²) in [5.74, 6) is -0.178. The Bertz CT molecular complexity index is 550. The molecule has 0 bridgehead atoms. The first-order chi connectivity index (χ1) is 10.6. The van der Waals surface area contributed by atoms with Crippen molar-refractivity contribution in [1.82, 2.24) is 15.5 Å². The molecule has 23 heavy (non-hydrogen) atoms. The molecule has 0 saturated carbocycles. The molecular weight excluding hydrogens is 324 g/mol. The number of carbonyl (C=O) groups is 1. The van der Waals surface area contributed by atoms with E-state index in [0.717, 1.165) is 32.7 Å². The third-order valence-corrected chi connectivity index (χ3v) is 3.56. The first-order valence-corrected chi connectivity index (χ1v) is 7.15. The molecule has 8 nitrogen and oxygen atoms in total. The molecule has 0 unspecified atom stereocenters. The Morgan fingerprint density at radius 3 is 2.74 bits per heavy atom. The summed E-state index contributed by atoms with van der Waals surface area (Å²) in [4.78, 5) is 24.6. The van der Waals surface area contributed by atoms with Gasteiger partial charge in [0.2, 0.25) is 0 Å². The predicted octanol–water partition coefficient (Wildman–Crippen LogP) is 0.660. The zero-order valence-corrected chi connectivity index (χ0v) is 13.7. The van der Waals surface area contributed by atoms with E-state index in [4.69, 9.17) is 4.74 Å². The molecule has 0 aliphatic carbocycles. The number of ether oxygens (including phenoxy) is 1. The lowest BCUT2D eigenvalue weighted by Crippen LogP contribution is -2.46. The fraction of sp³-hybridized carbons (Fsp3) is 0.500. The number of hydrogen-bond donors (Lipinski definition) is 2. The van der Waals surface area contributed by atoms with E-state index in [0.29, 0.717) is 12.1 Å². The molecule has 1 aromatic carbocycles. The van der Waals surface area contributed by atoms with Crippen molar-refractivity contribution in [3.63, 3.8) is 0 Å². The van der Waals surface area contributed by atoms with Gasteiger partial charge in [-0.1, -0.05) is 0 Å². The van der Waals surface area contributed by atoms with Gasteiger partial charge in [0.25, 0.3) is 5.91 Å². The normalized spacial score (nSPS) is 14.7. The number of methoxy groups -OCH3 is 1. The Hall–Kier alpha value is -1.90. The van der Waals surface area contributed by atoms with E-state index in [1.807, 2.05) is 0 Å². The van der Waals surface area contributed by atoms with Crippen molar-refractivity contribution < 1.29 is 14.5 Å². The number of rotatable bonds is 6. The van der Waals surface area contributed by atoms with Crippen LogP contribution in [0.3, 0.4) is 0 Å². The lowest BCUT2D eigenvalue weighted by Gasteiger charge is -2.27. The zero-order valence-electron chi connectivity index (χ0n) is 12.9. The maximum atomic E-state index is 12.1. The highest BCUT2D eigenvalue weighted by Crippen LogP contribution is 2.27. The summed E-state index contributed by atoms with van der Waals surface area (Å²) in [5, 5.41) is 16.9. The summed E-state index contributed by atoms with van der Waals surface area (Å²) in [7, 11) is 1.34. The summed E-state index contributed by atoms with van der Waals surface area (Å²) in [6.07, 6.45) is 0. The molecule has 128 valence electrons. The van der Waals surface area contributed by atoms with Gasteiger partial charge in [0.1, 0.15) is 0 Å². The molecule has 0 radical (unpaired) electrons. The Labute approximate surface area is 140 Å². The lowest BCUT2D eigenvalue weighted by atomic mass is 10.1. The van der Waals surface area contributed by atoms with Crippen LogP contribution in [0.4, 0.5) is 5.69 Å².